The molecule has 0 radical (unpaired) electrons. The van der Waals surface area contributed by atoms with Crippen LogP contribution < -0.4 is 15.4 Å². The van der Waals surface area contributed by atoms with E-state index in [2.05, 4.69) is 9.88 Å². The molecule has 6 nitrogen and oxygen atoms in total. The number of benzene rings is 1. The Hall–Kier alpha value is -2.55. The first kappa shape index (κ1) is 12.9. The van der Waals surface area contributed by atoms with Crippen LogP contribution >= 0.6 is 0 Å². The number of diazo groups is 1. The number of fused-ring (bicyclic) bond motifs is 1. The Balaban J connectivity index is 2.70. The van der Waals surface area contributed by atoms with Crippen molar-refractivity contribution >= 4 is 22.3 Å². The molecule has 0 aliphatic heterocycles. The Morgan fingerprint density at radius 2 is 2.05 bits per heavy atom. The zero-order valence-corrected chi connectivity index (χ0v) is 10.7. The third-order valence-corrected chi connectivity index (χ3v) is 3.05. The lowest BCUT2D eigenvalue weighted by atomic mass is 10.2. The highest BCUT2D eigenvalue weighted by Gasteiger charge is 2.18. The predicted molar refractivity (Wildman–Crippen MR) is 70.2 cm³/mol. The summed E-state index contributed by atoms with van der Waals surface area (Å²) in [5.41, 5.74) is -0.150. The van der Waals surface area contributed by atoms with Gasteiger partial charge in [-0.3, -0.25) is 4.79 Å². The zero-order valence-electron chi connectivity index (χ0n) is 10.7. The molecule has 0 saturated carbocycles. The molecule has 0 unspecified atom stereocenters. The maximum Gasteiger partial charge on any atom is 0.454 e. The van der Waals surface area contributed by atoms with Crippen LogP contribution in [0.15, 0.2) is 27.4 Å². The molecule has 0 amide bonds. The molecule has 1 aromatic carbocycles. The maximum absolute atomic E-state index is 11.9. The van der Waals surface area contributed by atoms with Crippen molar-refractivity contribution in [1.29, 1.82) is 5.39 Å². The molecule has 1 heterocycles. The lowest BCUT2D eigenvalue weighted by molar-refractivity contribution is -0.292. The summed E-state index contributed by atoms with van der Waals surface area (Å²) in [5.74, 6) is -0.934. The monoisotopic (exact) mass is 259 g/mol. The summed E-state index contributed by atoms with van der Waals surface area (Å²) in [6.45, 7) is 5.63. The van der Waals surface area contributed by atoms with Gasteiger partial charge in [-0.15, -0.1) is 0 Å². The fraction of sp³-hybridized carbons (Fsp3) is 0.308. The van der Waals surface area contributed by atoms with E-state index in [9.17, 15) is 9.90 Å². The van der Waals surface area contributed by atoms with Gasteiger partial charge in [0.2, 0.25) is 5.39 Å². The van der Waals surface area contributed by atoms with Gasteiger partial charge in [0, 0.05) is 29.7 Å². The number of hydrogen-bond acceptors (Lipinski definition) is 5. The minimum Gasteiger partial charge on any atom is -0.573 e. The average molecular weight is 259 g/mol. The van der Waals surface area contributed by atoms with E-state index < -0.39 is 17.1 Å². The van der Waals surface area contributed by atoms with Gasteiger partial charge >= 0.3 is 5.69 Å². The van der Waals surface area contributed by atoms with Gasteiger partial charge in [0.15, 0.2) is 10.9 Å². The summed E-state index contributed by atoms with van der Waals surface area (Å²) in [7, 11) is 0. The van der Waals surface area contributed by atoms with Crippen LogP contribution in [0.3, 0.4) is 0 Å². The quantitative estimate of drug-likeness (QED) is 0.789. The van der Waals surface area contributed by atoms with Crippen molar-refractivity contribution in [3.05, 3.63) is 33.4 Å². The topological polar surface area (TPSA) is 84.7 Å². The van der Waals surface area contributed by atoms with Crippen LogP contribution in [0.25, 0.3) is 15.9 Å². The van der Waals surface area contributed by atoms with E-state index in [-0.39, 0.29) is 11.0 Å². The normalized spacial score (nSPS) is 10.4. The third kappa shape index (κ3) is 2.10. The van der Waals surface area contributed by atoms with Gasteiger partial charge in [0.1, 0.15) is 0 Å². The molecule has 2 aromatic rings. The molecule has 98 valence electrons. The van der Waals surface area contributed by atoms with Crippen molar-refractivity contribution in [1.82, 2.24) is 0 Å². The summed E-state index contributed by atoms with van der Waals surface area (Å²) < 4.78 is 5.01. The molecule has 0 N–H and O–H groups in total. The first-order valence-corrected chi connectivity index (χ1v) is 6.00. The Morgan fingerprint density at radius 1 is 1.37 bits per heavy atom. The van der Waals surface area contributed by atoms with E-state index in [1.807, 2.05) is 13.8 Å². The molecule has 0 saturated heterocycles. The van der Waals surface area contributed by atoms with E-state index in [0.29, 0.717) is 0 Å². The fourth-order valence-electron chi connectivity index (χ4n) is 2.02. The van der Waals surface area contributed by atoms with Crippen LogP contribution in [0.2, 0.25) is 0 Å². The Morgan fingerprint density at radius 3 is 2.63 bits per heavy atom. The lowest BCUT2D eigenvalue weighted by Crippen LogP contribution is -2.21. The molecule has 0 fully saturated rings. The lowest BCUT2D eigenvalue weighted by Gasteiger charge is -2.21. The molecular weight excluding hydrogens is 246 g/mol. The molecule has 0 spiro atoms. The van der Waals surface area contributed by atoms with Crippen LogP contribution in [0.5, 0.6) is 5.95 Å². The first-order chi connectivity index (χ1) is 9.12. The van der Waals surface area contributed by atoms with Crippen molar-refractivity contribution in [3.63, 3.8) is 0 Å². The molecule has 0 aliphatic rings. The van der Waals surface area contributed by atoms with Gasteiger partial charge in [0.05, 0.1) is 0 Å². The predicted octanol–water partition coefficient (Wildman–Crippen LogP) is 2.20. The van der Waals surface area contributed by atoms with E-state index in [1.165, 1.54) is 0 Å². The van der Waals surface area contributed by atoms with E-state index in [0.717, 1.165) is 18.8 Å². The van der Waals surface area contributed by atoms with Gasteiger partial charge in [-0.1, -0.05) is 0 Å². The highest BCUT2D eigenvalue weighted by atomic mass is 16.5. The van der Waals surface area contributed by atoms with Crippen molar-refractivity contribution in [2.45, 2.75) is 13.8 Å². The van der Waals surface area contributed by atoms with Crippen molar-refractivity contribution < 1.29 is 9.52 Å². The molecule has 0 bridgehead atoms. The molecule has 6 heteroatoms. The highest BCUT2D eigenvalue weighted by Crippen LogP contribution is 2.27. The number of hydrogen-bond donors (Lipinski definition) is 0. The minimum atomic E-state index is -0.934. The smallest absolute Gasteiger partial charge is 0.454 e. The second-order valence-electron chi connectivity index (χ2n) is 4.02. The van der Waals surface area contributed by atoms with Crippen molar-refractivity contribution in [2.24, 2.45) is 0 Å². The maximum atomic E-state index is 11.9. The van der Waals surface area contributed by atoms with Gasteiger partial charge in [-0.25, -0.2) is 0 Å². The van der Waals surface area contributed by atoms with E-state index in [1.54, 1.807) is 18.2 Å². The summed E-state index contributed by atoms with van der Waals surface area (Å²) in [6, 6.07) is 4.99. The van der Waals surface area contributed by atoms with Crippen LogP contribution in [-0.4, -0.2) is 13.1 Å². The molecule has 0 atom stereocenters. The molecule has 0 aliphatic carbocycles. The van der Waals surface area contributed by atoms with Gasteiger partial charge in [-0.05, 0) is 32.0 Å². The van der Waals surface area contributed by atoms with Gasteiger partial charge in [0.25, 0.3) is 5.43 Å². The second-order valence-corrected chi connectivity index (χ2v) is 4.02. The Kier molecular flexibility index (Phi) is 3.38. The summed E-state index contributed by atoms with van der Waals surface area (Å²) >= 11 is 0. The summed E-state index contributed by atoms with van der Waals surface area (Å²) in [6.07, 6.45) is 0. The van der Waals surface area contributed by atoms with Crippen LogP contribution in [0, 0.1) is 5.39 Å². The summed E-state index contributed by atoms with van der Waals surface area (Å²) in [5, 5.41) is 20.3. The van der Waals surface area contributed by atoms with Crippen LogP contribution in [0.4, 0.5) is 11.4 Å². The van der Waals surface area contributed by atoms with E-state index in [4.69, 9.17) is 9.81 Å². The number of anilines is 1. The van der Waals surface area contributed by atoms with Crippen molar-refractivity contribution in [2.75, 3.05) is 18.0 Å². The second kappa shape index (κ2) is 4.98. The SMILES string of the molecule is CCN(CC)c1ccc2c(=O)c([N+]#N)c([O-])oc2c1. The van der Waals surface area contributed by atoms with Crippen molar-refractivity contribution in [3.8, 4) is 5.95 Å². The highest BCUT2D eigenvalue weighted by molar-refractivity contribution is 5.84. The standard InChI is InChI=1S/C13H13N3O3/c1-3-16(4-2)8-5-6-9-10(7-8)19-13(18)11(15-14)12(9)17/h5-7H,3-4H2,1-2H3. The molecule has 2 rings (SSSR count). The number of rotatable bonds is 3. The van der Waals surface area contributed by atoms with Gasteiger partial charge in [-0.2, -0.15) is 0 Å². The minimum absolute atomic E-state index is 0.201. The zero-order chi connectivity index (χ0) is 14.0. The Bertz CT molecular complexity index is 711. The fourth-order valence-corrected chi connectivity index (χ4v) is 2.02. The average Bonchev–Trinajstić information content (AvgIpc) is 2.40. The van der Waals surface area contributed by atoms with Crippen LogP contribution in [0.1, 0.15) is 13.8 Å². The number of nitrogens with zero attached hydrogens (tertiary/aromatic N) is 3. The first-order valence-electron chi connectivity index (χ1n) is 6.00. The molecule has 19 heavy (non-hydrogen) atoms. The largest absolute Gasteiger partial charge is 0.573 e. The van der Waals surface area contributed by atoms with Crippen LogP contribution in [-0.2, 0) is 0 Å². The van der Waals surface area contributed by atoms with Gasteiger partial charge < -0.3 is 14.4 Å². The molecular formula is C13H13N3O3. The van der Waals surface area contributed by atoms with E-state index >= 15 is 0 Å². The molecule has 1 aromatic heterocycles. The Labute approximate surface area is 109 Å². The third-order valence-electron chi connectivity index (χ3n) is 3.05. The summed E-state index contributed by atoms with van der Waals surface area (Å²) in [4.78, 5) is 16.6.